The molecule has 1 aromatic carbocycles. The molecule has 0 spiro atoms. The summed E-state index contributed by atoms with van der Waals surface area (Å²) in [5, 5.41) is 3.29. The second kappa shape index (κ2) is 4.86. The molecule has 0 atom stereocenters. The van der Waals surface area contributed by atoms with Crippen molar-refractivity contribution in [1.82, 2.24) is 4.98 Å². The van der Waals surface area contributed by atoms with Gasteiger partial charge < -0.3 is 14.5 Å². The zero-order chi connectivity index (χ0) is 13.2. The minimum Gasteiger partial charge on any atom is -0.408 e. The van der Waals surface area contributed by atoms with Crippen molar-refractivity contribution in [2.75, 3.05) is 19.0 Å². The van der Waals surface area contributed by atoms with Gasteiger partial charge in [0.1, 0.15) is 0 Å². The van der Waals surface area contributed by atoms with Gasteiger partial charge in [-0.25, -0.2) is 4.79 Å². The topological polar surface area (TPSA) is 67.3 Å². The number of hydrogen-bond donors (Lipinski definition) is 2. The van der Waals surface area contributed by atoms with Gasteiger partial charge in [0.2, 0.25) is 0 Å². The molecule has 0 aliphatic heterocycles. The second-order valence-electron chi connectivity index (χ2n) is 4.87. The fourth-order valence-electron chi connectivity index (χ4n) is 1.67. The van der Waals surface area contributed by atoms with Crippen LogP contribution in [0.1, 0.15) is 20.3 Å². The van der Waals surface area contributed by atoms with E-state index in [0.29, 0.717) is 11.1 Å². The third-order valence-electron chi connectivity index (χ3n) is 3.03. The molecule has 1 heterocycles. The van der Waals surface area contributed by atoms with E-state index in [9.17, 15) is 4.79 Å². The van der Waals surface area contributed by atoms with Crippen LogP contribution in [0.5, 0.6) is 0 Å². The Hall–Kier alpha value is -1.75. The van der Waals surface area contributed by atoms with Crippen LogP contribution in [-0.2, 0) is 4.74 Å². The molecule has 2 N–H and O–H groups in total. The molecule has 0 fully saturated rings. The molecule has 0 radical (unpaired) electrons. The Balaban J connectivity index is 2.01. The molecular formula is C13H18N2O3. The number of aromatic nitrogens is 1. The Morgan fingerprint density at radius 1 is 1.44 bits per heavy atom. The van der Waals surface area contributed by atoms with E-state index in [4.69, 9.17) is 9.15 Å². The number of benzene rings is 1. The van der Waals surface area contributed by atoms with E-state index in [1.54, 1.807) is 13.2 Å². The fraction of sp³-hybridized carbons (Fsp3) is 0.462. The molecule has 2 aromatic rings. The predicted molar refractivity (Wildman–Crippen MR) is 71.0 cm³/mol. The molecule has 0 saturated heterocycles. The Kier molecular flexibility index (Phi) is 3.43. The largest absolute Gasteiger partial charge is 0.417 e. The van der Waals surface area contributed by atoms with Crippen molar-refractivity contribution in [1.29, 1.82) is 0 Å². The van der Waals surface area contributed by atoms with Crippen LogP contribution in [0, 0.1) is 0 Å². The first kappa shape index (κ1) is 12.7. The smallest absolute Gasteiger partial charge is 0.408 e. The van der Waals surface area contributed by atoms with Crippen molar-refractivity contribution in [2.45, 2.75) is 25.9 Å². The number of hydrogen-bond acceptors (Lipinski definition) is 4. The van der Waals surface area contributed by atoms with Gasteiger partial charge in [-0.2, -0.15) is 0 Å². The number of anilines is 1. The summed E-state index contributed by atoms with van der Waals surface area (Å²) in [7, 11) is 1.71. The van der Waals surface area contributed by atoms with Crippen LogP contribution in [0.4, 0.5) is 5.69 Å². The van der Waals surface area contributed by atoms with Crippen molar-refractivity contribution < 1.29 is 9.15 Å². The van der Waals surface area contributed by atoms with Gasteiger partial charge in [-0.3, -0.25) is 4.98 Å². The zero-order valence-electron chi connectivity index (χ0n) is 10.9. The molecular weight excluding hydrogens is 232 g/mol. The number of oxazole rings is 1. The summed E-state index contributed by atoms with van der Waals surface area (Å²) < 4.78 is 10.3. The monoisotopic (exact) mass is 250 g/mol. The first-order valence-electron chi connectivity index (χ1n) is 5.92. The second-order valence-corrected chi connectivity index (χ2v) is 4.87. The molecule has 0 bridgehead atoms. The van der Waals surface area contributed by atoms with Crippen LogP contribution in [0.2, 0.25) is 0 Å². The predicted octanol–water partition coefficient (Wildman–Crippen LogP) is 2.35. The van der Waals surface area contributed by atoms with Gasteiger partial charge in [-0.15, -0.1) is 0 Å². The first-order chi connectivity index (χ1) is 8.50. The molecule has 0 saturated carbocycles. The Morgan fingerprint density at radius 2 is 2.22 bits per heavy atom. The molecule has 0 unspecified atom stereocenters. The maximum atomic E-state index is 11.0. The third kappa shape index (κ3) is 2.92. The van der Waals surface area contributed by atoms with Crippen LogP contribution in [-0.4, -0.2) is 24.2 Å². The highest BCUT2D eigenvalue weighted by molar-refractivity contribution is 5.76. The highest BCUT2D eigenvalue weighted by atomic mass is 16.5. The minimum atomic E-state index is -0.428. The quantitative estimate of drug-likeness (QED) is 0.854. The van der Waals surface area contributed by atoms with E-state index in [2.05, 4.69) is 10.3 Å². The molecule has 5 nitrogen and oxygen atoms in total. The zero-order valence-corrected chi connectivity index (χ0v) is 10.9. The van der Waals surface area contributed by atoms with Crippen molar-refractivity contribution >= 4 is 16.8 Å². The summed E-state index contributed by atoms with van der Waals surface area (Å²) in [5.41, 5.74) is 2.09. The average Bonchev–Trinajstić information content (AvgIpc) is 2.68. The van der Waals surface area contributed by atoms with Gasteiger partial charge in [0.25, 0.3) is 0 Å². The average molecular weight is 250 g/mol. The first-order valence-corrected chi connectivity index (χ1v) is 5.92. The van der Waals surface area contributed by atoms with E-state index in [0.717, 1.165) is 18.7 Å². The van der Waals surface area contributed by atoms with E-state index in [-0.39, 0.29) is 5.60 Å². The van der Waals surface area contributed by atoms with Crippen molar-refractivity contribution in [3.8, 4) is 0 Å². The third-order valence-corrected chi connectivity index (χ3v) is 3.03. The van der Waals surface area contributed by atoms with Gasteiger partial charge in [0.05, 0.1) is 11.1 Å². The molecule has 1 aromatic heterocycles. The maximum absolute atomic E-state index is 11.0. The lowest BCUT2D eigenvalue weighted by Gasteiger charge is -2.23. The molecule has 0 amide bonds. The van der Waals surface area contributed by atoms with E-state index >= 15 is 0 Å². The van der Waals surface area contributed by atoms with E-state index in [1.807, 2.05) is 26.0 Å². The summed E-state index contributed by atoms with van der Waals surface area (Å²) in [6, 6.07) is 5.52. The Labute approximate surface area is 105 Å². The highest BCUT2D eigenvalue weighted by Gasteiger charge is 2.15. The number of fused-ring (bicyclic) bond motifs is 1. The lowest BCUT2D eigenvalue weighted by molar-refractivity contribution is 0.0185. The summed E-state index contributed by atoms with van der Waals surface area (Å²) in [6.45, 7) is 4.89. The number of nitrogens with one attached hydrogen (secondary N) is 2. The lowest BCUT2D eigenvalue weighted by Crippen LogP contribution is -2.25. The fourth-order valence-corrected chi connectivity index (χ4v) is 1.67. The molecule has 0 aliphatic carbocycles. The molecule has 98 valence electrons. The molecule has 2 rings (SSSR count). The SMILES string of the molecule is COC(C)(C)CCNc1ccc2oc(=O)[nH]c2c1. The number of ether oxygens (including phenoxy) is 1. The van der Waals surface area contributed by atoms with E-state index in [1.165, 1.54) is 0 Å². The van der Waals surface area contributed by atoms with Crippen LogP contribution >= 0.6 is 0 Å². The van der Waals surface area contributed by atoms with Crippen LogP contribution in [0.25, 0.3) is 11.1 Å². The number of rotatable bonds is 5. The summed E-state index contributed by atoms with van der Waals surface area (Å²) in [4.78, 5) is 13.7. The van der Waals surface area contributed by atoms with Gasteiger partial charge in [-0.05, 0) is 38.5 Å². The van der Waals surface area contributed by atoms with Crippen LogP contribution < -0.4 is 11.1 Å². The molecule has 0 aliphatic rings. The normalized spacial score (nSPS) is 11.9. The van der Waals surface area contributed by atoms with Gasteiger partial charge in [0, 0.05) is 19.3 Å². The molecule has 18 heavy (non-hydrogen) atoms. The summed E-state index contributed by atoms with van der Waals surface area (Å²) >= 11 is 0. The minimum absolute atomic E-state index is 0.138. The number of aromatic amines is 1. The number of H-pyrrole nitrogens is 1. The summed E-state index contributed by atoms with van der Waals surface area (Å²) in [6.07, 6.45) is 0.892. The van der Waals surface area contributed by atoms with Gasteiger partial charge in [-0.1, -0.05) is 0 Å². The van der Waals surface area contributed by atoms with Gasteiger partial charge >= 0.3 is 5.76 Å². The van der Waals surface area contributed by atoms with E-state index < -0.39 is 5.76 Å². The summed E-state index contributed by atoms with van der Waals surface area (Å²) in [5.74, 6) is -0.428. The Bertz CT molecular complexity index is 583. The van der Waals surface area contributed by atoms with Crippen molar-refractivity contribution in [3.63, 3.8) is 0 Å². The molecule has 5 heteroatoms. The van der Waals surface area contributed by atoms with Gasteiger partial charge in [0.15, 0.2) is 5.58 Å². The Morgan fingerprint density at radius 3 is 2.94 bits per heavy atom. The van der Waals surface area contributed by atoms with Crippen LogP contribution in [0.15, 0.2) is 27.4 Å². The maximum Gasteiger partial charge on any atom is 0.417 e. The van der Waals surface area contributed by atoms with Crippen molar-refractivity contribution in [2.24, 2.45) is 0 Å². The lowest BCUT2D eigenvalue weighted by atomic mass is 10.1. The van der Waals surface area contributed by atoms with Crippen LogP contribution in [0.3, 0.4) is 0 Å². The van der Waals surface area contributed by atoms with Crippen molar-refractivity contribution in [3.05, 3.63) is 28.7 Å². The standard InChI is InChI=1S/C13H18N2O3/c1-13(2,17-3)6-7-14-9-4-5-11-10(8-9)15-12(16)18-11/h4-5,8,14H,6-7H2,1-3H3,(H,15,16). The number of methoxy groups -OCH3 is 1. The highest BCUT2D eigenvalue weighted by Crippen LogP contribution is 2.17.